The molecule has 0 spiro atoms. The van der Waals surface area contributed by atoms with Crippen molar-refractivity contribution in [3.8, 4) is 0 Å². The van der Waals surface area contributed by atoms with E-state index in [1.807, 2.05) is 7.11 Å². The first kappa shape index (κ1) is 15.2. The fourth-order valence-corrected chi connectivity index (χ4v) is 2.54. The zero-order valence-corrected chi connectivity index (χ0v) is 12.4. The molecule has 1 aromatic rings. The highest BCUT2D eigenvalue weighted by Crippen LogP contribution is 2.26. The summed E-state index contributed by atoms with van der Waals surface area (Å²) in [5.41, 5.74) is 1.49. The molecule has 1 rings (SSSR count). The second-order valence-corrected chi connectivity index (χ2v) is 5.88. The summed E-state index contributed by atoms with van der Waals surface area (Å²) in [5.74, 6) is 0. The lowest BCUT2D eigenvalue weighted by atomic mass is 9.82. The van der Waals surface area contributed by atoms with Gasteiger partial charge in [-0.2, -0.15) is 0 Å². The van der Waals surface area contributed by atoms with Crippen LogP contribution in [-0.2, 0) is 11.2 Å². The molecule has 0 aliphatic heterocycles. The zero-order chi connectivity index (χ0) is 13.6. The van der Waals surface area contributed by atoms with Crippen LogP contribution in [0, 0.1) is 5.41 Å². The van der Waals surface area contributed by atoms with Gasteiger partial charge in [0.05, 0.1) is 6.10 Å². The second-order valence-electron chi connectivity index (χ2n) is 5.88. The minimum absolute atomic E-state index is 0.135. The normalized spacial score (nSPS) is 15.4. The van der Waals surface area contributed by atoms with Crippen molar-refractivity contribution in [2.24, 2.45) is 5.41 Å². The van der Waals surface area contributed by atoms with Crippen molar-refractivity contribution in [1.82, 2.24) is 5.32 Å². The quantitative estimate of drug-likeness (QED) is 0.835. The van der Waals surface area contributed by atoms with E-state index in [0.717, 1.165) is 13.0 Å². The van der Waals surface area contributed by atoms with Gasteiger partial charge in [-0.25, -0.2) is 0 Å². The van der Waals surface area contributed by atoms with Gasteiger partial charge >= 0.3 is 0 Å². The number of hydrogen-bond acceptors (Lipinski definition) is 2. The van der Waals surface area contributed by atoms with Gasteiger partial charge < -0.3 is 10.1 Å². The highest BCUT2D eigenvalue weighted by atomic mass is 16.5. The molecule has 1 aromatic carbocycles. The minimum Gasteiger partial charge on any atom is -0.379 e. The summed E-state index contributed by atoms with van der Waals surface area (Å²) in [6, 6.07) is 11.0. The smallest absolute Gasteiger partial charge is 0.0775 e. The van der Waals surface area contributed by atoms with Crippen LogP contribution in [0.2, 0.25) is 0 Å². The van der Waals surface area contributed by atoms with Crippen LogP contribution in [0.3, 0.4) is 0 Å². The van der Waals surface area contributed by atoms with Crippen molar-refractivity contribution < 1.29 is 4.74 Å². The monoisotopic (exact) mass is 249 g/mol. The molecule has 0 aromatic heterocycles. The predicted molar refractivity (Wildman–Crippen MR) is 77.9 cm³/mol. The van der Waals surface area contributed by atoms with Gasteiger partial charge in [-0.1, -0.05) is 58.0 Å². The van der Waals surface area contributed by atoms with Crippen LogP contribution in [0.1, 0.15) is 33.3 Å². The van der Waals surface area contributed by atoms with Crippen molar-refractivity contribution in [3.63, 3.8) is 0 Å². The Hall–Kier alpha value is -0.860. The maximum atomic E-state index is 5.74. The highest BCUT2D eigenvalue weighted by molar-refractivity contribution is 5.16. The van der Waals surface area contributed by atoms with Crippen molar-refractivity contribution >= 4 is 0 Å². The van der Waals surface area contributed by atoms with E-state index in [1.165, 1.54) is 5.56 Å². The van der Waals surface area contributed by atoms with E-state index in [0.29, 0.717) is 6.04 Å². The fraction of sp³-hybridized carbons (Fsp3) is 0.625. The molecule has 0 saturated carbocycles. The number of methoxy groups -OCH3 is 1. The molecular formula is C16H27NO. The topological polar surface area (TPSA) is 21.3 Å². The molecule has 0 aliphatic rings. The van der Waals surface area contributed by atoms with Gasteiger partial charge in [0.1, 0.15) is 0 Å². The molecular weight excluding hydrogens is 222 g/mol. The van der Waals surface area contributed by atoms with E-state index in [2.05, 4.69) is 63.3 Å². The summed E-state index contributed by atoms with van der Waals surface area (Å²) in [4.78, 5) is 0. The summed E-state index contributed by atoms with van der Waals surface area (Å²) in [5, 5.41) is 3.56. The van der Waals surface area contributed by atoms with Gasteiger partial charge in [0, 0.05) is 13.2 Å². The zero-order valence-electron chi connectivity index (χ0n) is 12.4. The van der Waals surface area contributed by atoms with E-state index in [1.54, 1.807) is 0 Å². The minimum atomic E-state index is 0.135. The van der Waals surface area contributed by atoms with E-state index >= 15 is 0 Å². The van der Waals surface area contributed by atoms with Gasteiger partial charge in [-0.05, 0) is 23.9 Å². The predicted octanol–water partition coefficient (Wildman–Crippen LogP) is 3.27. The van der Waals surface area contributed by atoms with Gasteiger partial charge in [0.2, 0.25) is 0 Å². The first-order valence-corrected chi connectivity index (χ1v) is 6.79. The van der Waals surface area contributed by atoms with Crippen molar-refractivity contribution in [2.45, 2.75) is 46.3 Å². The molecule has 2 nitrogen and oxygen atoms in total. The molecule has 0 fully saturated rings. The third kappa shape index (κ3) is 4.43. The summed E-state index contributed by atoms with van der Waals surface area (Å²) >= 11 is 0. The molecule has 1 N–H and O–H groups in total. The number of hydrogen-bond donors (Lipinski definition) is 1. The van der Waals surface area contributed by atoms with E-state index in [-0.39, 0.29) is 11.5 Å². The third-order valence-corrected chi connectivity index (χ3v) is 3.24. The summed E-state index contributed by atoms with van der Waals surface area (Å²) in [6.07, 6.45) is 1.21. The molecule has 0 aliphatic carbocycles. The lowest BCUT2D eigenvalue weighted by molar-refractivity contribution is -0.0106. The number of ether oxygens (including phenoxy) is 1. The Bertz CT molecular complexity index is 329. The van der Waals surface area contributed by atoms with Gasteiger partial charge in [-0.3, -0.25) is 0 Å². The van der Waals surface area contributed by atoms with E-state index < -0.39 is 0 Å². The highest BCUT2D eigenvalue weighted by Gasteiger charge is 2.31. The SMILES string of the molecule is CCNC(Cc1ccccc1)C(OC)C(C)(C)C. The lowest BCUT2D eigenvalue weighted by Crippen LogP contribution is -2.48. The van der Waals surface area contributed by atoms with Gasteiger partial charge in [0.25, 0.3) is 0 Å². The molecule has 0 heterocycles. The van der Waals surface area contributed by atoms with E-state index in [4.69, 9.17) is 4.74 Å². The fourth-order valence-electron chi connectivity index (χ4n) is 2.54. The molecule has 0 saturated heterocycles. The Labute approximate surface area is 112 Å². The van der Waals surface area contributed by atoms with Gasteiger partial charge in [0.15, 0.2) is 0 Å². The summed E-state index contributed by atoms with van der Waals surface area (Å²) in [7, 11) is 1.81. The van der Waals surface area contributed by atoms with Crippen LogP contribution >= 0.6 is 0 Å². The maximum Gasteiger partial charge on any atom is 0.0775 e. The van der Waals surface area contributed by atoms with Crippen LogP contribution in [0.5, 0.6) is 0 Å². The number of nitrogens with one attached hydrogen (secondary N) is 1. The van der Waals surface area contributed by atoms with Crippen LogP contribution in [0.15, 0.2) is 30.3 Å². The second kappa shape index (κ2) is 6.91. The lowest BCUT2D eigenvalue weighted by Gasteiger charge is -2.36. The van der Waals surface area contributed by atoms with Crippen LogP contribution < -0.4 is 5.32 Å². The van der Waals surface area contributed by atoms with Crippen molar-refractivity contribution in [2.75, 3.05) is 13.7 Å². The third-order valence-electron chi connectivity index (χ3n) is 3.24. The maximum absolute atomic E-state index is 5.74. The van der Waals surface area contributed by atoms with E-state index in [9.17, 15) is 0 Å². The Morgan fingerprint density at radius 1 is 1.17 bits per heavy atom. The molecule has 0 amide bonds. The molecule has 0 bridgehead atoms. The molecule has 102 valence electrons. The van der Waals surface area contributed by atoms with Gasteiger partial charge in [-0.15, -0.1) is 0 Å². The average Bonchev–Trinajstić information content (AvgIpc) is 2.29. The Morgan fingerprint density at radius 2 is 1.78 bits per heavy atom. The largest absolute Gasteiger partial charge is 0.379 e. The molecule has 2 atom stereocenters. The summed E-state index contributed by atoms with van der Waals surface area (Å²) in [6.45, 7) is 9.81. The Kier molecular flexibility index (Phi) is 5.83. The van der Waals surface area contributed by atoms with Crippen LogP contribution in [0.4, 0.5) is 0 Å². The number of benzene rings is 1. The summed E-state index contributed by atoms with van der Waals surface area (Å²) < 4.78 is 5.74. The van der Waals surface area contributed by atoms with Crippen molar-refractivity contribution in [1.29, 1.82) is 0 Å². The first-order valence-electron chi connectivity index (χ1n) is 6.79. The Morgan fingerprint density at radius 3 is 2.22 bits per heavy atom. The standard InChI is InChI=1S/C16H27NO/c1-6-17-14(15(18-5)16(2,3)4)12-13-10-8-7-9-11-13/h7-11,14-15,17H,6,12H2,1-5H3. The average molecular weight is 249 g/mol. The van der Waals surface area contributed by atoms with Crippen LogP contribution in [0.25, 0.3) is 0 Å². The number of likely N-dealkylation sites (N-methyl/N-ethyl adjacent to an activating group) is 1. The molecule has 2 unspecified atom stereocenters. The molecule has 0 radical (unpaired) electrons. The molecule has 18 heavy (non-hydrogen) atoms. The van der Waals surface area contributed by atoms with Crippen molar-refractivity contribution in [3.05, 3.63) is 35.9 Å². The molecule has 2 heteroatoms. The first-order chi connectivity index (χ1) is 8.49. The van der Waals surface area contributed by atoms with Crippen LogP contribution in [-0.4, -0.2) is 25.8 Å². The number of rotatable bonds is 6. The Balaban J connectivity index is 2.81.